The Kier molecular flexibility index (Phi) is 2.09. The van der Waals surface area contributed by atoms with Crippen LogP contribution in [0.4, 0.5) is 4.39 Å². The van der Waals surface area contributed by atoms with E-state index < -0.39 is 0 Å². The van der Waals surface area contributed by atoms with Crippen molar-refractivity contribution in [3.05, 3.63) is 35.1 Å². The SMILES string of the molecule is Cl.NC1CC12CCc1ccc(F)cc12. The largest absolute Gasteiger partial charge is 0.327 e. The van der Waals surface area contributed by atoms with Gasteiger partial charge in [-0.2, -0.15) is 0 Å². The molecule has 1 nitrogen and oxygen atoms in total. The van der Waals surface area contributed by atoms with Gasteiger partial charge in [0.15, 0.2) is 0 Å². The highest BCUT2D eigenvalue weighted by atomic mass is 35.5. The number of fused-ring (bicyclic) bond motifs is 2. The Balaban J connectivity index is 0.000000750. The summed E-state index contributed by atoms with van der Waals surface area (Å²) in [7, 11) is 0. The van der Waals surface area contributed by atoms with Crippen molar-refractivity contribution in [2.75, 3.05) is 0 Å². The summed E-state index contributed by atoms with van der Waals surface area (Å²) in [6.07, 6.45) is 3.24. The van der Waals surface area contributed by atoms with E-state index in [2.05, 4.69) is 0 Å². The fourth-order valence-corrected chi connectivity index (χ4v) is 2.65. The molecule has 14 heavy (non-hydrogen) atoms. The summed E-state index contributed by atoms with van der Waals surface area (Å²) in [5.41, 5.74) is 8.55. The fourth-order valence-electron chi connectivity index (χ4n) is 2.65. The highest BCUT2D eigenvalue weighted by Crippen LogP contribution is 2.55. The van der Waals surface area contributed by atoms with E-state index in [-0.39, 0.29) is 29.7 Å². The van der Waals surface area contributed by atoms with Gasteiger partial charge in [-0.3, -0.25) is 0 Å². The molecular formula is C11H13ClFN. The highest BCUT2D eigenvalue weighted by molar-refractivity contribution is 5.85. The molecule has 0 aromatic heterocycles. The maximum Gasteiger partial charge on any atom is 0.123 e. The number of hydrogen-bond donors (Lipinski definition) is 1. The average molecular weight is 214 g/mol. The number of rotatable bonds is 0. The Bertz CT molecular complexity index is 380. The van der Waals surface area contributed by atoms with Crippen molar-refractivity contribution >= 4 is 12.4 Å². The van der Waals surface area contributed by atoms with Crippen LogP contribution >= 0.6 is 12.4 Å². The first kappa shape index (κ1) is 9.94. The van der Waals surface area contributed by atoms with Crippen molar-refractivity contribution in [2.45, 2.75) is 30.7 Å². The summed E-state index contributed by atoms with van der Waals surface area (Å²) in [5.74, 6) is -0.126. The van der Waals surface area contributed by atoms with Gasteiger partial charge in [0.1, 0.15) is 5.82 Å². The molecule has 3 heteroatoms. The zero-order valence-electron chi connectivity index (χ0n) is 7.79. The molecule has 0 amide bonds. The van der Waals surface area contributed by atoms with Gasteiger partial charge >= 0.3 is 0 Å². The zero-order chi connectivity index (χ0) is 9.05. The van der Waals surface area contributed by atoms with Gasteiger partial charge in [-0.15, -0.1) is 12.4 Å². The second kappa shape index (κ2) is 2.94. The first-order chi connectivity index (χ1) is 6.22. The molecule has 0 bridgehead atoms. The Morgan fingerprint density at radius 2 is 2.14 bits per heavy atom. The van der Waals surface area contributed by atoms with Gasteiger partial charge < -0.3 is 5.73 Å². The minimum absolute atomic E-state index is 0. The Morgan fingerprint density at radius 3 is 2.79 bits per heavy atom. The van der Waals surface area contributed by atoms with E-state index in [4.69, 9.17) is 5.73 Å². The minimum atomic E-state index is -0.126. The summed E-state index contributed by atoms with van der Waals surface area (Å²) in [5, 5.41) is 0. The molecule has 0 heterocycles. The van der Waals surface area contributed by atoms with Crippen LogP contribution in [0.5, 0.6) is 0 Å². The number of halogens is 2. The summed E-state index contributed by atoms with van der Waals surface area (Å²) in [6.45, 7) is 0. The summed E-state index contributed by atoms with van der Waals surface area (Å²) < 4.78 is 13.0. The molecule has 0 saturated heterocycles. The van der Waals surface area contributed by atoms with E-state index in [0.717, 1.165) is 19.3 Å². The third-order valence-electron chi connectivity index (χ3n) is 3.58. The Labute approximate surface area is 88.9 Å². The molecule has 76 valence electrons. The molecular weight excluding hydrogens is 201 g/mol. The van der Waals surface area contributed by atoms with E-state index in [0.29, 0.717) is 0 Å². The molecule has 1 aromatic rings. The van der Waals surface area contributed by atoms with E-state index in [9.17, 15) is 4.39 Å². The lowest BCUT2D eigenvalue weighted by Crippen LogP contribution is -2.15. The number of benzene rings is 1. The molecule has 1 spiro atoms. The fraction of sp³-hybridized carbons (Fsp3) is 0.455. The molecule has 2 unspecified atom stereocenters. The van der Waals surface area contributed by atoms with Gasteiger partial charge in [-0.25, -0.2) is 4.39 Å². The molecule has 0 radical (unpaired) electrons. The van der Waals surface area contributed by atoms with Crippen molar-refractivity contribution in [1.82, 2.24) is 0 Å². The molecule has 2 aliphatic rings. The molecule has 3 rings (SSSR count). The average Bonchev–Trinajstić information content (AvgIpc) is 2.61. The number of hydrogen-bond acceptors (Lipinski definition) is 1. The quantitative estimate of drug-likeness (QED) is 0.702. The van der Waals surface area contributed by atoms with Crippen molar-refractivity contribution < 1.29 is 4.39 Å². The second-order valence-electron chi connectivity index (χ2n) is 4.27. The van der Waals surface area contributed by atoms with Crippen molar-refractivity contribution in [3.8, 4) is 0 Å². The lowest BCUT2D eigenvalue weighted by atomic mass is 9.97. The lowest BCUT2D eigenvalue weighted by molar-refractivity contribution is 0.613. The third kappa shape index (κ3) is 1.11. The van der Waals surface area contributed by atoms with Crippen LogP contribution < -0.4 is 5.73 Å². The minimum Gasteiger partial charge on any atom is -0.327 e. The predicted octanol–water partition coefficient (Wildman–Crippen LogP) is 2.16. The molecule has 1 saturated carbocycles. The normalized spacial score (nSPS) is 32.6. The van der Waals surface area contributed by atoms with Crippen molar-refractivity contribution in [3.63, 3.8) is 0 Å². The van der Waals surface area contributed by atoms with Gasteiger partial charge in [0.05, 0.1) is 0 Å². The van der Waals surface area contributed by atoms with Crippen LogP contribution in [0.2, 0.25) is 0 Å². The van der Waals surface area contributed by atoms with Crippen molar-refractivity contribution in [1.29, 1.82) is 0 Å². The Morgan fingerprint density at radius 1 is 1.43 bits per heavy atom. The highest BCUT2D eigenvalue weighted by Gasteiger charge is 2.56. The second-order valence-corrected chi connectivity index (χ2v) is 4.27. The maximum atomic E-state index is 13.0. The van der Waals surface area contributed by atoms with E-state index in [1.165, 1.54) is 11.1 Å². The monoisotopic (exact) mass is 213 g/mol. The first-order valence-electron chi connectivity index (χ1n) is 4.77. The molecule has 1 fully saturated rings. The van der Waals surface area contributed by atoms with Crippen LogP contribution in [0.25, 0.3) is 0 Å². The first-order valence-corrected chi connectivity index (χ1v) is 4.77. The van der Waals surface area contributed by atoms with Crippen LogP contribution in [0.15, 0.2) is 18.2 Å². The van der Waals surface area contributed by atoms with Crippen LogP contribution in [-0.4, -0.2) is 6.04 Å². The molecule has 2 aliphatic carbocycles. The van der Waals surface area contributed by atoms with E-state index in [1.807, 2.05) is 6.07 Å². The van der Waals surface area contributed by atoms with Gasteiger partial charge in [0, 0.05) is 11.5 Å². The van der Waals surface area contributed by atoms with E-state index >= 15 is 0 Å². The summed E-state index contributed by atoms with van der Waals surface area (Å²) in [6, 6.07) is 5.40. The van der Waals surface area contributed by atoms with Gasteiger partial charge in [0.25, 0.3) is 0 Å². The summed E-state index contributed by atoms with van der Waals surface area (Å²) >= 11 is 0. The maximum absolute atomic E-state index is 13.0. The topological polar surface area (TPSA) is 26.0 Å². The number of nitrogens with two attached hydrogens (primary N) is 1. The summed E-state index contributed by atoms with van der Waals surface area (Å²) in [4.78, 5) is 0. The van der Waals surface area contributed by atoms with Crippen LogP contribution in [0.3, 0.4) is 0 Å². The van der Waals surface area contributed by atoms with Gasteiger partial charge in [0.2, 0.25) is 0 Å². The van der Waals surface area contributed by atoms with Crippen LogP contribution in [0.1, 0.15) is 24.0 Å². The Hall–Kier alpha value is -0.600. The molecule has 2 N–H and O–H groups in total. The lowest BCUT2D eigenvalue weighted by Gasteiger charge is -2.08. The van der Waals surface area contributed by atoms with Crippen LogP contribution in [-0.2, 0) is 11.8 Å². The van der Waals surface area contributed by atoms with Crippen LogP contribution in [0, 0.1) is 5.82 Å². The molecule has 1 aromatic carbocycles. The van der Waals surface area contributed by atoms with E-state index in [1.54, 1.807) is 12.1 Å². The number of aryl methyl sites for hydroxylation is 1. The molecule has 2 atom stereocenters. The zero-order valence-corrected chi connectivity index (χ0v) is 8.61. The standard InChI is InChI=1S/C11H12FN.ClH/c12-8-2-1-7-3-4-11(6-10(11)13)9(7)5-8;/h1-2,5,10H,3-4,6,13H2;1H. The van der Waals surface area contributed by atoms with Crippen molar-refractivity contribution in [2.24, 2.45) is 5.73 Å². The predicted molar refractivity (Wildman–Crippen MR) is 56.2 cm³/mol. The molecule has 0 aliphatic heterocycles. The van der Waals surface area contributed by atoms with Gasteiger partial charge in [-0.05, 0) is 42.5 Å². The third-order valence-corrected chi connectivity index (χ3v) is 3.58. The smallest absolute Gasteiger partial charge is 0.123 e. The van der Waals surface area contributed by atoms with Gasteiger partial charge in [-0.1, -0.05) is 6.07 Å².